The van der Waals surface area contributed by atoms with Crippen molar-refractivity contribution in [2.45, 2.75) is 19.9 Å². The van der Waals surface area contributed by atoms with Crippen molar-refractivity contribution in [3.05, 3.63) is 47.7 Å². The van der Waals surface area contributed by atoms with Crippen LogP contribution in [0, 0.1) is 13.8 Å². The number of amides is 2. The van der Waals surface area contributed by atoms with Crippen molar-refractivity contribution in [3.8, 4) is 5.75 Å². The Kier molecular flexibility index (Phi) is 6.30. The number of nitrogens with one attached hydrogen (secondary N) is 1. The molecule has 1 fully saturated rings. The lowest BCUT2D eigenvalue weighted by atomic mass is 10.1. The zero-order valence-electron chi connectivity index (χ0n) is 16.5. The molecule has 150 valence electrons. The molecule has 0 saturated carbocycles. The Labute approximate surface area is 164 Å². The van der Waals surface area contributed by atoms with E-state index in [1.165, 1.54) is 6.26 Å². The number of benzene rings is 1. The topological polar surface area (TPSA) is 87.9 Å². The third kappa shape index (κ3) is 4.69. The number of rotatable bonds is 6. The highest BCUT2D eigenvalue weighted by molar-refractivity contribution is 5.93. The fourth-order valence-corrected chi connectivity index (χ4v) is 3.14. The first-order chi connectivity index (χ1) is 13.5. The monoisotopic (exact) mass is 386 g/mol. The molecular formula is C20H26N4O4. The molecule has 1 atom stereocenters. The Hall–Kier alpha value is -2.87. The predicted molar refractivity (Wildman–Crippen MR) is 103 cm³/mol. The van der Waals surface area contributed by atoms with E-state index in [1.807, 2.05) is 43.1 Å². The smallest absolute Gasteiger partial charge is 0.275 e. The summed E-state index contributed by atoms with van der Waals surface area (Å²) in [5.74, 6) is 0.919. The van der Waals surface area contributed by atoms with Gasteiger partial charge in [-0.25, -0.2) is 4.98 Å². The highest BCUT2D eigenvalue weighted by atomic mass is 16.5. The van der Waals surface area contributed by atoms with E-state index in [1.54, 1.807) is 11.8 Å². The van der Waals surface area contributed by atoms with Gasteiger partial charge >= 0.3 is 0 Å². The van der Waals surface area contributed by atoms with Crippen LogP contribution in [0.25, 0.3) is 0 Å². The number of oxazole rings is 1. The van der Waals surface area contributed by atoms with Gasteiger partial charge in [0.2, 0.25) is 5.91 Å². The van der Waals surface area contributed by atoms with E-state index in [-0.39, 0.29) is 17.5 Å². The third-order valence-corrected chi connectivity index (χ3v) is 4.83. The Morgan fingerprint density at radius 1 is 1.29 bits per heavy atom. The Morgan fingerprint density at radius 3 is 2.79 bits per heavy atom. The standard InChI is InChI=1S/C20H26N4O4/c1-14-6-4-5-7-18(14)27-11-8-21-19(25)17-12-24(10-9-23(17)3)20(26)16-13-28-15(2)22-16/h4-7,13,17H,8-12H2,1-3H3,(H,21,25)/t17-/m0/s1. The second kappa shape index (κ2) is 8.88. The highest BCUT2D eigenvalue weighted by Gasteiger charge is 2.33. The van der Waals surface area contributed by atoms with Gasteiger partial charge in [0.25, 0.3) is 5.91 Å². The molecule has 28 heavy (non-hydrogen) atoms. The predicted octanol–water partition coefficient (Wildman–Crippen LogP) is 1.24. The van der Waals surface area contributed by atoms with Crippen LogP contribution in [-0.4, -0.2) is 72.5 Å². The maximum atomic E-state index is 12.6. The van der Waals surface area contributed by atoms with Gasteiger partial charge in [0.1, 0.15) is 24.7 Å². The summed E-state index contributed by atoms with van der Waals surface area (Å²) in [6.45, 7) is 5.91. The first kappa shape index (κ1) is 19.9. The minimum Gasteiger partial charge on any atom is -0.491 e. The van der Waals surface area contributed by atoms with Crippen molar-refractivity contribution >= 4 is 11.8 Å². The van der Waals surface area contributed by atoms with Gasteiger partial charge in [-0.05, 0) is 25.6 Å². The lowest BCUT2D eigenvalue weighted by Gasteiger charge is -2.38. The van der Waals surface area contributed by atoms with Crippen LogP contribution in [0.2, 0.25) is 0 Å². The van der Waals surface area contributed by atoms with Crippen LogP contribution in [0.5, 0.6) is 5.75 Å². The molecule has 1 aromatic carbocycles. The van der Waals surface area contributed by atoms with E-state index in [0.29, 0.717) is 38.7 Å². The summed E-state index contributed by atoms with van der Waals surface area (Å²) in [5.41, 5.74) is 1.32. The minimum absolute atomic E-state index is 0.121. The maximum Gasteiger partial charge on any atom is 0.275 e. The summed E-state index contributed by atoms with van der Waals surface area (Å²) in [5, 5.41) is 2.90. The molecule has 1 N–H and O–H groups in total. The molecule has 8 heteroatoms. The van der Waals surface area contributed by atoms with Crippen molar-refractivity contribution in [2.75, 3.05) is 39.8 Å². The average molecular weight is 386 g/mol. The summed E-state index contributed by atoms with van der Waals surface area (Å²) in [6.07, 6.45) is 1.36. The zero-order chi connectivity index (χ0) is 20.1. The van der Waals surface area contributed by atoms with Crippen LogP contribution >= 0.6 is 0 Å². The molecule has 2 amide bonds. The van der Waals surface area contributed by atoms with Crippen molar-refractivity contribution in [3.63, 3.8) is 0 Å². The molecule has 2 aromatic rings. The molecule has 1 aromatic heterocycles. The number of piperazine rings is 1. The summed E-state index contributed by atoms with van der Waals surface area (Å²) in [6, 6.07) is 7.34. The van der Waals surface area contributed by atoms with Crippen molar-refractivity contribution in [1.82, 2.24) is 20.1 Å². The van der Waals surface area contributed by atoms with E-state index >= 15 is 0 Å². The van der Waals surface area contributed by atoms with Gasteiger partial charge in [-0.2, -0.15) is 0 Å². The molecule has 3 rings (SSSR count). The number of para-hydroxylation sites is 1. The van der Waals surface area contributed by atoms with Crippen LogP contribution in [0.15, 0.2) is 34.9 Å². The third-order valence-electron chi connectivity index (χ3n) is 4.83. The molecule has 1 aliphatic heterocycles. The van der Waals surface area contributed by atoms with Crippen LogP contribution in [0.1, 0.15) is 21.9 Å². The lowest BCUT2D eigenvalue weighted by Crippen LogP contribution is -2.59. The number of likely N-dealkylation sites (N-methyl/N-ethyl adjacent to an activating group) is 1. The van der Waals surface area contributed by atoms with Gasteiger partial charge in [0.05, 0.1) is 6.54 Å². The van der Waals surface area contributed by atoms with Crippen LogP contribution in [-0.2, 0) is 4.79 Å². The molecule has 0 unspecified atom stereocenters. The highest BCUT2D eigenvalue weighted by Crippen LogP contribution is 2.16. The van der Waals surface area contributed by atoms with E-state index in [9.17, 15) is 9.59 Å². The summed E-state index contributed by atoms with van der Waals surface area (Å²) in [4.78, 5) is 32.9. The normalized spacial score (nSPS) is 17.4. The van der Waals surface area contributed by atoms with Crippen LogP contribution in [0.3, 0.4) is 0 Å². The summed E-state index contributed by atoms with van der Waals surface area (Å²) in [7, 11) is 1.89. The van der Waals surface area contributed by atoms with Crippen LogP contribution in [0.4, 0.5) is 0 Å². The summed E-state index contributed by atoms with van der Waals surface area (Å²) >= 11 is 0. The number of carbonyl (C=O) groups excluding carboxylic acids is 2. The quantitative estimate of drug-likeness (QED) is 0.752. The van der Waals surface area contributed by atoms with Gasteiger partial charge in [0, 0.05) is 26.6 Å². The largest absolute Gasteiger partial charge is 0.491 e. The van der Waals surface area contributed by atoms with Gasteiger partial charge in [-0.15, -0.1) is 0 Å². The molecule has 8 nitrogen and oxygen atoms in total. The van der Waals surface area contributed by atoms with E-state index in [4.69, 9.17) is 9.15 Å². The zero-order valence-corrected chi connectivity index (χ0v) is 16.5. The summed E-state index contributed by atoms with van der Waals surface area (Å²) < 4.78 is 10.8. The molecule has 0 aliphatic carbocycles. The average Bonchev–Trinajstić information content (AvgIpc) is 3.12. The van der Waals surface area contributed by atoms with Crippen molar-refractivity contribution < 1.29 is 18.7 Å². The Balaban J connectivity index is 1.50. The number of ether oxygens (including phenoxy) is 1. The number of nitrogens with zero attached hydrogens (tertiary/aromatic N) is 3. The molecular weight excluding hydrogens is 360 g/mol. The Morgan fingerprint density at radius 2 is 2.07 bits per heavy atom. The Bertz CT molecular complexity index is 835. The van der Waals surface area contributed by atoms with Crippen molar-refractivity contribution in [2.24, 2.45) is 0 Å². The molecule has 0 spiro atoms. The number of hydrogen-bond acceptors (Lipinski definition) is 6. The molecule has 1 saturated heterocycles. The molecule has 1 aliphatic rings. The molecule has 0 bridgehead atoms. The fraction of sp³-hybridized carbons (Fsp3) is 0.450. The van der Waals surface area contributed by atoms with Gasteiger partial charge in [-0.3, -0.25) is 14.5 Å². The number of hydrogen-bond donors (Lipinski definition) is 1. The van der Waals surface area contributed by atoms with E-state index in [0.717, 1.165) is 11.3 Å². The fourth-order valence-electron chi connectivity index (χ4n) is 3.14. The second-order valence-electron chi connectivity index (χ2n) is 6.90. The van der Waals surface area contributed by atoms with Gasteiger partial charge in [-0.1, -0.05) is 18.2 Å². The van der Waals surface area contributed by atoms with Gasteiger partial charge < -0.3 is 19.4 Å². The number of carbonyl (C=O) groups is 2. The molecule has 0 radical (unpaired) electrons. The number of aromatic nitrogens is 1. The van der Waals surface area contributed by atoms with E-state index < -0.39 is 6.04 Å². The minimum atomic E-state index is -0.413. The first-order valence-electron chi connectivity index (χ1n) is 9.33. The maximum absolute atomic E-state index is 12.6. The second-order valence-corrected chi connectivity index (χ2v) is 6.90. The van der Waals surface area contributed by atoms with Crippen LogP contribution < -0.4 is 10.1 Å². The SMILES string of the molecule is Cc1nc(C(=O)N2CCN(C)[C@H](C(=O)NCCOc3ccccc3C)C2)co1. The van der Waals surface area contributed by atoms with Crippen molar-refractivity contribution in [1.29, 1.82) is 0 Å². The molecule has 2 heterocycles. The van der Waals surface area contributed by atoms with E-state index in [2.05, 4.69) is 10.3 Å². The first-order valence-corrected chi connectivity index (χ1v) is 9.33. The lowest BCUT2D eigenvalue weighted by molar-refractivity contribution is -0.127. The van der Waals surface area contributed by atoms with Gasteiger partial charge in [0.15, 0.2) is 11.6 Å². The number of aryl methyl sites for hydroxylation is 2.